The third-order valence-electron chi connectivity index (χ3n) is 6.23. The zero-order chi connectivity index (χ0) is 23.7. The van der Waals surface area contributed by atoms with Crippen molar-refractivity contribution < 1.29 is 9.15 Å². The molecule has 2 heterocycles. The van der Waals surface area contributed by atoms with Gasteiger partial charge in [0.2, 0.25) is 11.8 Å². The van der Waals surface area contributed by atoms with Crippen molar-refractivity contribution in [3.05, 3.63) is 84.8 Å². The smallest absolute Gasteiger partial charge is 0.247 e. The Balaban J connectivity index is 1.08. The summed E-state index contributed by atoms with van der Waals surface area (Å²) in [7, 11) is 0. The lowest BCUT2D eigenvalue weighted by atomic mass is 10.1. The highest BCUT2D eigenvalue weighted by atomic mass is 32.2. The summed E-state index contributed by atoms with van der Waals surface area (Å²) in [5.41, 5.74) is 3.34. The zero-order valence-corrected chi connectivity index (χ0v) is 20.8. The standard InChI is InChI=1S/C29H31N3O2S/c1-3-8-23(9-4-1)24-12-16-27(17-13-24)35-22-28-30-31-29(34-28)25-10-14-26(15-11-25)33-21-7-20-32-18-5-2-6-19-32/h1,3-4,8-17H,2,5-7,18-22H2. The van der Waals surface area contributed by atoms with Crippen molar-refractivity contribution in [2.24, 2.45) is 0 Å². The highest BCUT2D eigenvalue weighted by Crippen LogP contribution is 2.28. The van der Waals surface area contributed by atoms with Gasteiger partial charge >= 0.3 is 0 Å². The molecular weight excluding hydrogens is 454 g/mol. The number of nitrogens with zero attached hydrogens (tertiary/aromatic N) is 3. The number of benzene rings is 3. The van der Waals surface area contributed by atoms with E-state index in [2.05, 4.69) is 63.6 Å². The summed E-state index contributed by atoms with van der Waals surface area (Å²) in [6.45, 7) is 4.34. The van der Waals surface area contributed by atoms with Gasteiger partial charge in [0.25, 0.3) is 0 Å². The Morgan fingerprint density at radius 3 is 2.26 bits per heavy atom. The van der Waals surface area contributed by atoms with E-state index in [9.17, 15) is 0 Å². The van der Waals surface area contributed by atoms with Crippen LogP contribution in [-0.2, 0) is 5.75 Å². The van der Waals surface area contributed by atoms with Crippen molar-refractivity contribution in [2.45, 2.75) is 36.3 Å². The van der Waals surface area contributed by atoms with E-state index in [4.69, 9.17) is 9.15 Å². The molecule has 0 bridgehead atoms. The number of hydrogen-bond donors (Lipinski definition) is 0. The molecule has 180 valence electrons. The Hall–Kier alpha value is -3.09. The van der Waals surface area contributed by atoms with E-state index in [-0.39, 0.29) is 0 Å². The maximum Gasteiger partial charge on any atom is 0.247 e. The lowest BCUT2D eigenvalue weighted by Gasteiger charge is -2.26. The summed E-state index contributed by atoms with van der Waals surface area (Å²) in [5.74, 6) is 2.67. The van der Waals surface area contributed by atoms with Crippen LogP contribution in [0.2, 0.25) is 0 Å². The van der Waals surface area contributed by atoms with Crippen LogP contribution in [0.5, 0.6) is 5.75 Å². The second kappa shape index (κ2) is 12.0. The van der Waals surface area contributed by atoms with Crippen molar-refractivity contribution in [3.8, 4) is 28.3 Å². The lowest BCUT2D eigenvalue weighted by molar-refractivity contribution is 0.205. The molecule has 0 atom stereocenters. The van der Waals surface area contributed by atoms with Gasteiger partial charge in [-0.2, -0.15) is 0 Å². The Morgan fingerprint density at radius 1 is 0.771 bits per heavy atom. The molecule has 1 fully saturated rings. The van der Waals surface area contributed by atoms with Gasteiger partial charge in [-0.15, -0.1) is 22.0 Å². The van der Waals surface area contributed by atoms with Crippen molar-refractivity contribution in [1.82, 2.24) is 15.1 Å². The molecule has 1 aromatic heterocycles. The minimum absolute atomic E-state index is 0.539. The molecule has 4 aromatic rings. The third-order valence-corrected chi connectivity index (χ3v) is 7.22. The maximum absolute atomic E-state index is 5.92. The maximum atomic E-state index is 5.92. The highest BCUT2D eigenvalue weighted by Gasteiger charge is 2.11. The average molecular weight is 486 g/mol. The summed E-state index contributed by atoms with van der Waals surface area (Å²) in [5, 5.41) is 8.46. The number of likely N-dealkylation sites (tertiary alicyclic amines) is 1. The molecule has 0 unspecified atom stereocenters. The van der Waals surface area contributed by atoms with Crippen LogP contribution in [0.15, 0.2) is 88.2 Å². The van der Waals surface area contributed by atoms with Crippen LogP contribution in [0.4, 0.5) is 0 Å². The summed E-state index contributed by atoms with van der Waals surface area (Å²) in [6, 6.07) is 26.9. The fourth-order valence-corrected chi connectivity index (χ4v) is 5.04. The fourth-order valence-electron chi connectivity index (χ4n) is 4.30. The first-order valence-corrected chi connectivity index (χ1v) is 13.4. The molecule has 5 nitrogen and oxygen atoms in total. The molecule has 1 aliphatic rings. The van der Waals surface area contributed by atoms with Crippen molar-refractivity contribution in [1.29, 1.82) is 0 Å². The predicted molar refractivity (Wildman–Crippen MR) is 142 cm³/mol. The van der Waals surface area contributed by atoms with Crippen LogP contribution in [0, 0.1) is 0 Å². The van der Waals surface area contributed by atoms with E-state index < -0.39 is 0 Å². The second-order valence-corrected chi connectivity index (χ2v) is 9.86. The van der Waals surface area contributed by atoms with E-state index in [0.29, 0.717) is 17.5 Å². The topological polar surface area (TPSA) is 51.4 Å². The van der Waals surface area contributed by atoms with Crippen molar-refractivity contribution in [3.63, 3.8) is 0 Å². The monoisotopic (exact) mass is 485 g/mol. The summed E-state index contributed by atoms with van der Waals surface area (Å²) in [6.07, 6.45) is 5.10. The first-order valence-electron chi connectivity index (χ1n) is 12.4. The minimum Gasteiger partial charge on any atom is -0.494 e. The molecular formula is C29H31N3O2S. The fraction of sp³-hybridized carbons (Fsp3) is 0.310. The van der Waals surface area contributed by atoms with Crippen LogP contribution in [0.3, 0.4) is 0 Å². The van der Waals surface area contributed by atoms with Crippen LogP contribution in [0.25, 0.3) is 22.6 Å². The van der Waals surface area contributed by atoms with Crippen LogP contribution < -0.4 is 4.74 Å². The average Bonchev–Trinajstić information content (AvgIpc) is 3.41. The number of ether oxygens (including phenoxy) is 1. The number of aromatic nitrogens is 2. The molecule has 0 amide bonds. The summed E-state index contributed by atoms with van der Waals surface area (Å²) in [4.78, 5) is 3.72. The molecule has 1 aliphatic heterocycles. The van der Waals surface area contributed by atoms with E-state index in [1.54, 1.807) is 11.8 Å². The van der Waals surface area contributed by atoms with Crippen LogP contribution in [-0.4, -0.2) is 41.3 Å². The van der Waals surface area contributed by atoms with Gasteiger partial charge in [0, 0.05) is 17.0 Å². The molecule has 5 rings (SSSR count). The first-order chi connectivity index (χ1) is 17.3. The predicted octanol–water partition coefficient (Wildman–Crippen LogP) is 6.95. The van der Waals surface area contributed by atoms with Gasteiger partial charge in [0.1, 0.15) is 5.75 Å². The lowest BCUT2D eigenvalue weighted by Crippen LogP contribution is -2.31. The van der Waals surface area contributed by atoms with Crippen molar-refractivity contribution in [2.75, 3.05) is 26.2 Å². The molecule has 0 spiro atoms. The highest BCUT2D eigenvalue weighted by molar-refractivity contribution is 7.98. The molecule has 1 saturated heterocycles. The third kappa shape index (κ3) is 6.74. The summed E-state index contributed by atoms with van der Waals surface area (Å²) < 4.78 is 11.8. The van der Waals surface area contributed by atoms with Gasteiger partial charge in [-0.3, -0.25) is 0 Å². The number of rotatable bonds is 10. The molecule has 35 heavy (non-hydrogen) atoms. The Labute approximate surface area is 211 Å². The van der Waals surface area contributed by atoms with Gasteiger partial charge in [0.15, 0.2) is 0 Å². The molecule has 0 saturated carbocycles. The quantitative estimate of drug-likeness (QED) is 0.179. The Bertz CT molecular complexity index is 1170. The first kappa shape index (κ1) is 23.6. The normalized spacial score (nSPS) is 14.2. The molecule has 0 radical (unpaired) electrons. The molecule has 0 N–H and O–H groups in total. The van der Waals surface area contributed by atoms with Gasteiger partial charge < -0.3 is 14.1 Å². The zero-order valence-electron chi connectivity index (χ0n) is 19.9. The summed E-state index contributed by atoms with van der Waals surface area (Å²) >= 11 is 1.69. The van der Waals surface area contributed by atoms with E-state index >= 15 is 0 Å². The molecule has 3 aromatic carbocycles. The Morgan fingerprint density at radius 2 is 1.49 bits per heavy atom. The molecule has 0 aliphatic carbocycles. The van der Waals surface area contributed by atoms with Crippen molar-refractivity contribution >= 4 is 11.8 Å². The SMILES string of the molecule is c1ccc(-c2ccc(SCc3nnc(-c4ccc(OCCCN5CCCCC5)cc4)o3)cc2)cc1. The molecule has 6 heteroatoms. The van der Waals surface area contributed by atoms with E-state index in [1.807, 2.05) is 30.3 Å². The largest absolute Gasteiger partial charge is 0.494 e. The van der Waals surface area contributed by atoms with Gasteiger partial charge in [-0.25, -0.2) is 0 Å². The van der Waals surface area contributed by atoms with Gasteiger partial charge in [-0.1, -0.05) is 48.9 Å². The van der Waals surface area contributed by atoms with E-state index in [1.165, 1.54) is 48.4 Å². The number of hydrogen-bond acceptors (Lipinski definition) is 6. The Kier molecular flexibility index (Phi) is 8.14. The van der Waals surface area contributed by atoms with Crippen LogP contribution in [0.1, 0.15) is 31.6 Å². The van der Waals surface area contributed by atoms with E-state index in [0.717, 1.165) is 30.9 Å². The minimum atomic E-state index is 0.539. The van der Waals surface area contributed by atoms with Gasteiger partial charge in [0.05, 0.1) is 12.4 Å². The number of thioether (sulfide) groups is 1. The number of piperidine rings is 1. The second-order valence-electron chi connectivity index (χ2n) is 8.81. The van der Waals surface area contributed by atoms with Crippen LogP contribution >= 0.6 is 11.8 Å². The van der Waals surface area contributed by atoms with Gasteiger partial charge in [-0.05, 0) is 79.9 Å².